The molecule has 0 aliphatic carbocycles. The Balaban J connectivity index is 1.64. The summed E-state index contributed by atoms with van der Waals surface area (Å²) in [6.45, 7) is 3.61. The number of benzene rings is 2. The number of carbonyl (C=O) groups is 1. The van der Waals surface area contributed by atoms with Crippen LogP contribution in [0.4, 0.5) is 11.6 Å². The fourth-order valence-corrected chi connectivity index (χ4v) is 2.59. The average Bonchev–Trinajstić information content (AvgIpc) is 2.72. The first kappa shape index (κ1) is 18.5. The van der Waals surface area contributed by atoms with E-state index in [1.165, 1.54) is 0 Å². The van der Waals surface area contributed by atoms with Crippen molar-refractivity contribution in [2.75, 3.05) is 11.9 Å². The van der Waals surface area contributed by atoms with Crippen molar-refractivity contribution in [1.29, 1.82) is 0 Å². The average molecular weight is 362 g/mol. The summed E-state index contributed by atoms with van der Waals surface area (Å²) in [6.07, 6.45) is 3.32. The third-order valence-corrected chi connectivity index (χ3v) is 3.97. The van der Waals surface area contributed by atoms with Gasteiger partial charge in [-0.1, -0.05) is 30.3 Å². The Bertz CT molecular complexity index is 884. The number of carbonyl (C=O) groups excluding carboxylic acids is 1. The molecule has 0 aliphatic rings. The van der Waals surface area contributed by atoms with E-state index in [1.54, 1.807) is 30.6 Å². The third-order valence-electron chi connectivity index (χ3n) is 3.97. The molecule has 0 fully saturated rings. The molecule has 0 aliphatic heterocycles. The highest BCUT2D eigenvalue weighted by atomic mass is 16.5. The number of ether oxygens (including phenoxy) is 1. The maximum absolute atomic E-state index is 12.5. The maximum atomic E-state index is 12.5. The molecule has 0 saturated heterocycles. The van der Waals surface area contributed by atoms with E-state index in [1.807, 2.05) is 43.3 Å². The van der Waals surface area contributed by atoms with Crippen molar-refractivity contribution in [1.82, 2.24) is 15.3 Å². The minimum atomic E-state index is -0.140. The Morgan fingerprint density at radius 2 is 1.78 bits per heavy atom. The first-order valence-electron chi connectivity index (χ1n) is 8.83. The summed E-state index contributed by atoms with van der Waals surface area (Å²) in [7, 11) is 0. The first-order chi connectivity index (χ1) is 13.3. The summed E-state index contributed by atoms with van der Waals surface area (Å²) < 4.78 is 5.49. The second-order valence-electron chi connectivity index (χ2n) is 5.87. The number of anilines is 2. The van der Waals surface area contributed by atoms with Crippen molar-refractivity contribution in [3.8, 4) is 0 Å². The molecule has 0 radical (unpaired) electrons. The summed E-state index contributed by atoms with van der Waals surface area (Å²) >= 11 is 0. The lowest BCUT2D eigenvalue weighted by Gasteiger charge is -2.11. The SMILES string of the molecule is CCOCc1ccccc1CNC(=O)c1cccc(Nc2ncccn2)c1. The summed E-state index contributed by atoms with van der Waals surface area (Å²) in [5.41, 5.74) is 3.45. The van der Waals surface area contributed by atoms with Gasteiger partial charge in [-0.05, 0) is 42.3 Å². The molecular weight excluding hydrogens is 340 g/mol. The maximum Gasteiger partial charge on any atom is 0.251 e. The zero-order chi connectivity index (χ0) is 18.9. The van der Waals surface area contributed by atoms with Gasteiger partial charge in [0.1, 0.15) is 0 Å². The van der Waals surface area contributed by atoms with E-state index >= 15 is 0 Å². The minimum absolute atomic E-state index is 0.140. The molecule has 6 nitrogen and oxygen atoms in total. The zero-order valence-corrected chi connectivity index (χ0v) is 15.2. The van der Waals surface area contributed by atoms with Gasteiger partial charge in [-0.25, -0.2) is 9.97 Å². The van der Waals surface area contributed by atoms with Crippen LogP contribution in [0.5, 0.6) is 0 Å². The Kier molecular flexibility index (Phi) is 6.49. The van der Waals surface area contributed by atoms with Crippen molar-refractivity contribution < 1.29 is 9.53 Å². The molecular formula is C21H22N4O2. The number of aromatic nitrogens is 2. The molecule has 3 aromatic rings. The molecule has 1 aromatic heterocycles. The second-order valence-corrected chi connectivity index (χ2v) is 5.87. The Labute approximate surface area is 158 Å². The summed E-state index contributed by atoms with van der Waals surface area (Å²) in [4.78, 5) is 20.8. The summed E-state index contributed by atoms with van der Waals surface area (Å²) in [5, 5.41) is 6.06. The molecule has 1 amide bonds. The van der Waals surface area contributed by atoms with Crippen LogP contribution in [-0.4, -0.2) is 22.5 Å². The molecule has 0 unspecified atom stereocenters. The summed E-state index contributed by atoms with van der Waals surface area (Å²) in [6, 6.07) is 16.9. The van der Waals surface area contributed by atoms with Gasteiger partial charge in [-0.2, -0.15) is 0 Å². The van der Waals surface area contributed by atoms with E-state index in [0.29, 0.717) is 31.3 Å². The second kappa shape index (κ2) is 9.45. The van der Waals surface area contributed by atoms with E-state index in [9.17, 15) is 4.79 Å². The lowest BCUT2D eigenvalue weighted by molar-refractivity contribution is 0.0950. The van der Waals surface area contributed by atoms with Crippen LogP contribution in [0.25, 0.3) is 0 Å². The smallest absolute Gasteiger partial charge is 0.251 e. The van der Waals surface area contributed by atoms with E-state index in [2.05, 4.69) is 20.6 Å². The van der Waals surface area contributed by atoms with E-state index in [4.69, 9.17) is 4.74 Å². The Morgan fingerprint density at radius 3 is 2.56 bits per heavy atom. The quantitative estimate of drug-likeness (QED) is 0.639. The van der Waals surface area contributed by atoms with Crippen molar-refractivity contribution in [3.63, 3.8) is 0 Å². The van der Waals surface area contributed by atoms with E-state index in [0.717, 1.165) is 16.8 Å². The number of nitrogens with zero attached hydrogens (tertiary/aromatic N) is 2. The molecule has 0 saturated carbocycles. The van der Waals surface area contributed by atoms with Crippen molar-refractivity contribution in [2.45, 2.75) is 20.1 Å². The number of amides is 1. The standard InChI is InChI=1S/C21H22N4O2/c1-2-27-15-18-8-4-3-7-17(18)14-24-20(26)16-9-5-10-19(13-16)25-21-22-11-6-12-23-21/h3-13H,2,14-15H2,1H3,(H,24,26)(H,22,23,25). The van der Waals surface area contributed by atoms with Crippen LogP contribution < -0.4 is 10.6 Å². The highest BCUT2D eigenvalue weighted by Crippen LogP contribution is 2.15. The molecule has 138 valence electrons. The van der Waals surface area contributed by atoms with Crippen LogP contribution in [0, 0.1) is 0 Å². The monoisotopic (exact) mass is 362 g/mol. The van der Waals surface area contributed by atoms with Gasteiger partial charge in [-0.3, -0.25) is 4.79 Å². The van der Waals surface area contributed by atoms with E-state index in [-0.39, 0.29) is 5.91 Å². The Hall–Kier alpha value is -3.25. The lowest BCUT2D eigenvalue weighted by Crippen LogP contribution is -2.23. The number of hydrogen-bond donors (Lipinski definition) is 2. The Morgan fingerprint density at radius 1 is 1.00 bits per heavy atom. The van der Waals surface area contributed by atoms with Crippen molar-refractivity contribution in [2.24, 2.45) is 0 Å². The molecule has 6 heteroatoms. The molecule has 2 N–H and O–H groups in total. The van der Waals surface area contributed by atoms with Crippen LogP contribution in [0.3, 0.4) is 0 Å². The predicted octanol–water partition coefficient (Wildman–Crippen LogP) is 3.69. The fourth-order valence-electron chi connectivity index (χ4n) is 2.59. The number of nitrogens with one attached hydrogen (secondary N) is 2. The van der Waals surface area contributed by atoms with Gasteiger partial charge in [0.2, 0.25) is 5.95 Å². The van der Waals surface area contributed by atoms with Crippen molar-refractivity contribution in [3.05, 3.63) is 83.7 Å². The number of hydrogen-bond acceptors (Lipinski definition) is 5. The molecule has 0 spiro atoms. The van der Waals surface area contributed by atoms with Crippen LogP contribution in [0.1, 0.15) is 28.4 Å². The normalized spacial score (nSPS) is 10.4. The van der Waals surface area contributed by atoms with Gasteiger partial charge in [0.05, 0.1) is 6.61 Å². The largest absolute Gasteiger partial charge is 0.377 e. The van der Waals surface area contributed by atoms with Gasteiger partial charge in [0, 0.05) is 36.8 Å². The predicted molar refractivity (Wildman–Crippen MR) is 105 cm³/mol. The van der Waals surface area contributed by atoms with Crippen molar-refractivity contribution >= 4 is 17.5 Å². The molecule has 27 heavy (non-hydrogen) atoms. The first-order valence-corrected chi connectivity index (χ1v) is 8.83. The summed E-state index contributed by atoms with van der Waals surface area (Å²) in [5.74, 6) is 0.346. The van der Waals surface area contributed by atoms with E-state index < -0.39 is 0 Å². The highest BCUT2D eigenvalue weighted by molar-refractivity contribution is 5.95. The topological polar surface area (TPSA) is 76.1 Å². The molecule has 2 aromatic carbocycles. The molecule has 3 rings (SSSR count). The molecule has 0 bridgehead atoms. The zero-order valence-electron chi connectivity index (χ0n) is 15.2. The lowest BCUT2D eigenvalue weighted by atomic mass is 10.1. The minimum Gasteiger partial charge on any atom is -0.377 e. The van der Waals surface area contributed by atoms with Crippen LogP contribution in [0.2, 0.25) is 0 Å². The van der Waals surface area contributed by atoms with Crippen LogP contribution in [0.15, 0.2) is 67.0 Å². The fraction of sp³-hybridized carbons (Fsp3) is 0.190. The third kappa shape index (κ3) is 5.36. The van der Waals surface area contributed by atoms with Crippen LogP contribution in [-0.2, 0) is 17.9 Å². The van der Waals surface area contributed by atoms with Gasteiger partial charge in [0.15, 0.2) is 0 Å². The van der Waals surface area contributed by atoms with Gasteiger partial charge in [-0.15, -0.1) is 0 Å². The van der Waals surface area contributed by atoms with Gasteiger partial charge in [0.25, 0.3) is 5.91 Å². The van der Waals surface area contributed by atoms with Crippen LogP contribution >= 0.6 is 0 Å². The van der Waals surface area contributed by atoms with Gasteiger partial charge < -0.3 is 15.4 Å². The molecule has 0 atom stereocenters. The molecule has 1 heterocycles. The van der Waals surface area contributed by atoms with Gasteiger partial charge >= 0.3 is 0 Å². The number of rotatable bonds is 8. The highest BCUT2D eigenvalue weighted by Gasteiger charge is 2.08.